The largest absolute Gasteiger partial charge is 0.395 e. The van der Waals surface area contributed by atoms with Gasteiger partial charge in [0.05, 0.1) is 6.61 Å². The number of hydrogen-bond donors (Lipinski definition) is 2. The number of aliphatic hydroxyl groups excluding tert-OH is 1. The fourth-order valence-corrected chi connectivity index (χ4v) is 1.92. The minimum absolute atomic E-state index is 0.153. The Morgan fingerprint density at radius 3 is 2.44 bits per heavy atom. The van der Waals surface area contributed by atoms with Crippen molar-refractivity contribution in [2.45, 2.75) is 30.8 Å². The monoisotopic (exact) mass is 241 g/mol. The van der Waals surface area contributed by atoms with Gasteiger partial charge in [0.2, 0.25) is 0 Å². The molecule has 1 unspecified atom stereocenters. The third-order valence-electron chi connectivity index (χ3n) is 2.56. The average Bonchev–Trinajstić information content (AvgIpc) is 2.31. The van der Waals surface area contributed by atoms with Crippen LogP contribution in [0.1, 0.15) is 18.9 Å². The first-order chi connectivity index (χ1) is 7.67. The van der Waals surface area contributed by atoms with Gasteiger partial charge in [0.15, 0.2) is 0 Å². The zero-order chi connectivity index (χ0) is 12.0. The molecule has 2 N–H and O–H groups in total. The lowest BCUT2D eigenvalue weighted by Gasteiger charge is -2.13. The van der Waals surface area contributed by atoms with E-state index in [-0.39, 0.29) is 12.6 Å². The standard InChI is InChI=1S/C12H19NO2S/c1-3-11(9-14)13-8-10-4-6-12(7-5-10)16(2)15/h4-7,11,13-14H,3,8-9H2,1-2H3/t11-,16?/m1/s1. The van der Waals surface area contributed by atoms with Gasteiger partial charge in [-0.05, 0) is 24.1 Å². The lowest BCUT2D eigenvalue weighted by molar-refractivity contribution is 0.238. The Bertz CT molecular complexity index is 333. The Labute approximate surface area is 99.3 Å². The molecule has 0 saturated heterocycles. The molecule has 1 aromatic carbocycles. The number of nitrogens with one attached hydrogen (secondary N) is 1. The summed E-state index contributed by atoms with van der Waals surface area (Å²) in [6, 6.07) is 7.85. The predicted molar refractivity (Wildman–Crippen MR) is 66.8 cm³/mol. The van der Waals surface area contributed by atoms with Gasteiger partial charge in [0.25, 0.3) is 0 Å². The van der Waals surface area contributed by atoms with Gasteiger partial charge in [-0.15, -0.1) is 0 Å². The lowest BCUT2D eigenvalue weighted by atomic mass is 10.2. The van der Waals surface area contributed by atoms with Gasteiger partial charge in [-0.3, -0.25) is 4.21 Å². The molecule has 90 valence electrons. The zero-order valence-electron chi connectivity index (χ0n) is 9.77. The van der Waals surface area contributed by atoms with Crippen LogP contribution in [0, 0.1) is 0 Å². The molecular formula is C12H19NO2S. The van der Waals surface area contributed by atoms with Crippen molar-refractivity contribution >= 4 is 10.8 Å². The molecule has 1 aromatic rings. The molecule has 0 fully saturated rings. The number of benzene rings is 1. The molecule has 0 bridgehead atoms. The molecule has 0 heterocycles. The molecule has 0 aliphatic carbocycles. The van der Waals surface area contributed by atoms with Crippen LogP contribution in [-0.2, 0) is 17.3 Å². The summed E-state index contributed by atoms with van der Waals surface area (Å²) < 4.78 is 11.2. The third-order valence-corrected chi connectivity index (χ3v) is 3.50. The average molecular weight is 241 g/mol. The van der Waals surface area contributed by atoms with E-state index in [2.05, 4.69) is 5.32 Å². The molecule has 0 radical (unpaired) electrons. The first kappa shape index (κ1) is 13.4. The van der Waals surface area contributed by atoms with E-state index < -0.39 is 10.8 Å². The number of aliphatic hydroxyl groups is 1. The summed E-state index contributed by atoms with van der Waals surface area (Å²) >= 11 is 0. The van der Waals surface area contributed by atoms with Gasteiger partial charge >= 0.3 is 0 Å². The van der Waals surface area contributed by atoms with Crippen molar-refractivity contribution in [2.24, 2.45) is 0 Å². The molecule has 3 nitrogen and oxygen atoms in total. The quantitative estimate of drug-likeness (QED) is 0.789. The second-order valence-electron chi connectivity index (χ2n) is 3.77. The van der Waals surface area contributed by atoms with E-state index in [1.807, 2.05) is 31.2 Å². The summed E-state index contributed by atoms with van der Waals surface area (Å²) in [6.07, 6.45) is 2.58. The van der Waals surface area contributed by atoms with Crippen molar-refractivity contribution < 1.29 is 9.32 Å². The lowest BCUT2D eigenvalue weighted by Crippen LogP contribution is -2.31. The molecular weight excluding hydrogens is 222 g/mol. The molecule has 1 rings (SSSR count). The minimum atomic E-state index is -0.914. The minimum Gasteiger partial charge on any atom is -0.395 e. The van der Waals surface area contributed by atoms with Crippen LogP contribution in [0.2, 0.25) is 0 Å². The second kappa shape index (κ2) is 6.78. The summed E-state index contributed by atoms with van der Waals surface area (Å²) in [4.78, 5) is 0.845. The van der Waals surface area contributed by atoms with E-state index in [4.69, 9.17) is 5.11 Å². The molecule has 0 saturated carbocycles. The van der Waals surface area contributed by atoms with E-state index >= 15 is 0 Å². The topological polar surface area (TPSA) is 49.3 Å². The molecule has 0 amide bonds. The maximum atomic E-state index is 11.2. The molecule has 0 aliphatic rings. The zero-order valence-corrected chi connectivity index (χ0v) is 10.6. The number of hydrogen-bond acceptors (Lipinski definition) is 3. The van der Waals surface area contributed by atoms with Crippen molar-refractivity contribution in [3.8, 4) is 0 Å². The van der Waals surface area contributed by atoms with E-state index in [0.717, 1.165) is 23.4 Å². The van der Waals surface area contributed by atoms with Gasteiger partial charge in [-0.1, -0.05) is 19.1 Å². The molecule has 0 aliphatic heterocycles. The summed E-state index contributed by atoms with van der Waals surface area (Å²) in [5.41, 5.74) is 1.14. The Hall–Kier alpha value is -0.710. The SMILES string of the molecule is CC[C@H](CO)NCc1ccc(S(C)=O)cc1. The van der Waals surface area contributed by atoms with Crippen molar-refractivity contribution in [3.63, 3.8) is 0 Å². The van der Waals surface area contributed by atoms with Crippen molar-refractivity contribution in [1.29, 1.82) is 0 Å². The second-order valence-corrected chi connectivity index (χ2v) is 5.15. The van der Waals surface area contributed by atoms with E-state index in [1.165, 1.54) is 0 Å². The maximum absolute atomic E-state index is 11.2. The van der Waals surface area contributed by atoms with Gasteiger partial charge in [0, 0.05) is 34.5 Å². The highest BCUT2D eigenvalue weighted by Crippen LogP contribution is 2.07. The Morgan fingerprint density at radius 1 is 1.38 bits per heavy atom. The van der Waals surface area contributed by atoms with Gasteiger partial charge in [-0.25, -0.2) is 0 Å². The predicted octanol–water partition coefficient (Wildman–Crippen LogP) is 1.28. The summed E-state index contributed by atoms with van der Waals surface area (Å²) in [5, 5.41) is 12.3. The van der Waals surface area contributed by atoms with Crippen molar-refractivity contribution in [1.82, 2.24) is 5.32 Å². The molecule has 16 heavy (non-hydrogen) atoms. The fraction of sp³-hybridized carbons (Fsp3) is 0.500. The van der Waals surface area contributed by atoms with Crippen LogP contribution in [0.5, 0.6) is 0 Å². The Morgan fingerprint density at radius 2 is 2.00 bits per heavy atom. The Kier molecular flexibility index (Phi) is 5.66. The van der Waals surface area contributed by atoms with E-state index in [0.29, 0.717) is 0 Å². The maximum Gasteiger partial charge on any atom is 0.0584 e. The van der Waals surface area contributed by atoms with E-state index in [9.17, 15) is 4.21 Å². The van der Waals surface area contributed by atoms with Crippen LogP contribution in [-0.4, -0.2) is 28.2 Å². The molecule has 0 spiro atoms. The van der Waals surface area contributed by atoms with Crippen LogP contribution in [0.15, 0.2) is 29.2 Å². The van der Waals surface area contributed by atoms with Crippen molar-refractivity contribution in [3.05, 3.63) is 29.8 Å². The highest BCUT2D eigenvalue weighted by molar-refractivity contribution is 7.84. The van der Waals surface area contributed by atoms with Crippen LogP contribution in [0.25, 0.3) is 0 Å². The van der Waals surface area contributed by atoms with Gasteiger partial charge < -0.3 is 10.4 Å². The third kappa shape index (κ3) is 4.04. The first-order valence-corrected chi connectivity index (χ1v) is 6.99. The van der Waals surface area contributed by atoms with Crippen LogP contribution in [0.3, 0.4) is 0 Å². The summed E-state index contributed by atoms with van der Waals surface area (Å²) in [6.45, 7) is 2.93. The van der Waals surface area contributed by atoms with E-state index in [1.54, 1.807) is 6.26 Å². The Balaban J connectivity index is 2.52. The molecule has 2 atom stereocenters. The summed E-state index contributed by atoms with van der Waals surface area (Å²) in [5.74, 6) is 0. The highest BCUT2D eigenvalue weighted by Gasteiger charge is 2.03. The van der Waals surface area contributed by atoms with Crippen LogP contribution < -0.4 is 5.32 Å². The van der Waals surface area contributed by atoms with Gasteiger partial charge in [0.1, 0.15) is 0 Å². The highest BCUT2D eigenvalue weighted by atomic mass is 32.2. The van der Waals surface area contributed by atoms with Crippen LogP contribution >= 0.6 is 0 Å². The fourth-order valence-electron chi connectivity index (χ4n) is 1.40. The summed E-state index contributed by atoms with van der Waals surface area (Å²) in [7, 11) is -0.914. The molecule has 0 aromatic heterocycles. The molecule has 4 heteroatoms. The smallest absolute Gasteiger partial charge is 0.0584 e. The van der Waals surface area contributed by atoms with Gasteiger partial charge in [-0.2, -0.15) is 0 Å². The number of rotatable bonds is 6. The van der Waals surface area contributed by atoms with Crippen LogP contribution in [0.4, 0.5) is 0 Å². The van der Waals surface area contributed by atoms with Crippen molar-refractivity contribution in [2.75, 3.05) is 12.9 Å². The first-order valence-electron chi connectivity index (χ1n) is 5.44. The normalized spacial score (nSPS) is 14.7.